The summed E-state index contributed by atoms with van der Waals surface area (Å²) in [6.45, 7) is 11.6. The van der Waals surface area contributed by atoms with Gasteiger partial charge in [-0.25, -0.2) is 0 Å². The summed E-state index contributed by atoms with van der Waals surface area (Å²) in [6, 6.07) is 10.2. The first-order valence-electron chi connectivity index (χ1n) is 13.4. The predicted octanol–water partition coefficient (Wildman–Crippen LogP) is 4.92. The number of fused-ring (bicyclic) bond motifs is 1. The first-order valence-corrected chi connectivity index (χ1v) is 13.4. The lowest BCUT2D eigenvalue weighted by Gasteiger charge is -2.42. The van der Waals surface area contributed by atoms with Gasteiger partial charge in [0, 0.05) is 39.3 Å². The molecule has 3 rings (SSSR count). The molecule has 2 aliphatic rings. The van der Waals surface area contributed by atoms with E-state index in [9.17, 15) is 0 Å². The summed E-state index contributed by atoms with van der Waals surface area (Å²) in [7, 11) is 6.48. The Balaban J connectivity index is 1.55. The molecule has 0 amide bonds. The molecule has 1 saturated carbocycles. The van der Waals surface area contributed by atoms with E-state index in [1.807, 2.05) is 7.05 Å². The van der Waals surface area contributed by atoms with Crippen LogP contribution in [0.15, 0.2) is 48.2 Å². The quantitative estimate of drug-likeness (QED) is 0.381. The normalized spacial score (nSPS) is 24.0. The van der Waals surface area contributed by atoms with Gasteiger partial charge in [-0.05, 0) is 82.4 Å². The van der Waals surface area contributed by atoms with Crippen molar-refractivity contribution in [1.29, 1.82) is 0 Å². The van der Waals surface area contributed by atoms with Crippen LogP contribution in [0.3, 0.4) is 0 Å². The number of hydrogen-bond donors (Lipinski definition) is 3. The van der Waals surface area contributed by atoms with E-state index in [1.165, 1.54) is 54.6 Å². The zero-order chi connectivity index (χ0) is 24.5. The van der Waals surface area contributed by atoms with Crippen molar-refractivity contribution in [2.45, 2.75) is 76.9 Å². The Morgan fingerprint density at radius 3 is 2.68 bits per heavy atom. The topological polar surface area (TPSA) is 42.6 Å². The Labute approximate surface area is 209 Å². The van der Waals surface area contributed by atoms with E-state index in [2.05, 4.69) is 90.7 Å². The van der Waals surface area contributed by atoms with Gasteiger partial charge < -0.3 is 25.8 Å². The number of nitrogens with one attached hydrogen (secondary N) is 3. The minimum Gasteiger partial charge on any atom is -0.388 e. The second-order valence-corrected chi connectivity index (χ2v) is 10.7. The van der Waals surface area contributed by atoms with Gasteiger partial charge in [-0.15, -0.1) is 6.58 Å². The molecule has 4 atom stereocenters. The maximum Gasteiger partial charge on any atom is 0.0704 e. The van der Waals surface area contributed by atoms with Crippen molar-refractivity contribution in [1.82, 2.24) is 16.0 Å². The number of likely N-dealkylation sites (N-methyl/N-ethyl adjacent to an activating group) is 3. The molecule has 5 heteroatoms. The van der Waals surface area contributed by atoms with Crippen molar-refractivity contribution in [3.8, 4) is 0 Å². The third-order valence-electron chi connectivity index (χ3n) is 7.74. The van der Waals surface area contributed by atoms with E-state index in [4.69, 9.17) is 0 Å². The molecular weight excluding hydrogens is 418 g/mol. The summed E-state index contributed by atoms with van der Waals surface area (Å²) in [4.78, 5) is 4.82. The molecule has 0 spiro atoms. The van der Waals surface area contributed by atoms with Crippen molar-refractivity contribution >= 4 is 11.4 Å². The molecule has 3 N–H and O–H groups in total. The largest absolute Gasteiger partial charge is 0.388 e. The Kier molecular flexibility index (Phi) is 10.3. The van der Waals surface area contributed by atoms with E-state index >= 15 is 0 Å². The van der Waals surface area contributed by atoms with Gasteiger partial charge in [-0.1, -0.05) is 37.5 Å². The van der Waals surface area contributed by atoms with E-state index < -0.39 is 0 Å². The lowest BCUT2D eigenvalue weighted by molar-refractivity contribution is 0.280. The molecule has 0 bridgehead atoms. The van der Waals surface area contributed by atoms with Crippen molar-refractivity contribution in [2.24, 2.45) is 5.92 Å². The highest BCUT2D eigenvalue weighted by Crippen LogP contribution is 2.35. The van der Waals surface area contributed by atoms with Gasteiger partial charge >= 0.3 is 0 Å². The fraction of sp³-hybridized carbons (Fsp3) is 0.655. The molecule has 0 aromatic heterocycles. The van der Waals surface area contributed by atoms with E-state index in [0.29, 0.717) is 18.1 Å². The third-order valence-corrected chi connectivity index (χ3v) is 7.74. The second-order valence-electron chi connectivity index (χ2n) is 10.7. The number of allylic oxidation sites excluding steroid dienone is 1. The highest BCUT2D eigenvalue weighted by atomic mass is 15.3. The molecule has 5 nitrogen and oxygen atoms in total. The molecule has 190 valence electrons. The van der Waals surface area contributed by atoms with Crippen LogP contribution in [0.2, 0.25) is 0 Å². The average Bonchev–Trinajstić information content (AvgIpc) is 2.82. The van der Waals surface area contributed by atoms with Gasteiger partial charge in [0.15, 0.2) is 0 Å². The second kappa shape index (κ2) is 13.2. The van der Waals surface area contributed by atoms with E-state index in [1.54, 1.807) is 0 Å². The van der Waals surface area contributed by atoms with Crippen LogP contribution in [0.5, 0.6) is 0 Å². The summed E-state index contributed by atoms with van der Waals surface area (Å²) < 4.78 is 0. The van der Waals surface area contributed by atoms with E-state index in [-0.39, 0.29) is 0 Å². The van der Waals surface area contributed by atoms with Crippen molar-refractivity contribution in [3.05, 3.63) is 48.2 Å². The van der Waals surface area contributed by atoms with Crippen LogP contribution in [-0.2, 0) is 0 Å². The van der Waals surface area contributed by atoms with Crippen molar-refractivity contribution in [2.75, 3.05) is 50.6 Å². The molecule has 1 aliphatic heterocycles. The summed E-state index contributed by atoms with van der Waals surface area (Å²) in [5, 5.41) is 11.1. The number of para-hydroxylation sites is 2. The Hall–Kier alpha value is -1.98. The zero-order valence-electron chi connectivity index (χ0n) is 22.4. The Morgan fingerprint density at radius 2 is 1.97 bits per heavy atom. The van der Waals surface area contributed by atoms with Crippen LogP contribution in [0.25, 0.3) is 0 Å². The first-order chi connectivity index (χ1) is 16.4. The smallest absolute Gasteiger partial charge is 0.0704 e. The SMILES string of the molecule is C=C(C)CC1CCCC(NCCC(CC)N/C=C(\CNC)C2CN(C)c3ccccc3N2C)C1. The lowest BCUT2D eigenvalue weighted by atomic mass is 9.82. The van der Waals surface area contributed by atoms with Crippen molar-refractivity contribution < 1.29 is 0 Å². The minimum absolute atomic E-state index is 0.350. The van der Waals surface area contributed by atoms with Gasteiger partial charge in [-0.3, -0.25) is 0 Å². The van der Waals surface area contributed by atoms with Gasteiger partial charge in [0.1, 0.15) is 0 Å². The summed E-state index contributed by atoms with van der Waals surface area (Å²) in [5.41, 5.74) is 5.36. The monoisotopic (exact) mass is 467 g/mol. The van der Waals surface area contributed by atoms with Gasteiger partial charge in [0.25, 0.3) is 0 Å². The lowest BCUT2D eigenvalue weighted by Crippen LogP contribution is -2.48. The number of benzene rings is 1. The third kappa shape index (κ3) is 7.26. The highest BCUT2D eigenvalue weighted by Gasteiger charge is 2.29. The number of anilines is 2. The first kappa shape index (κ1) is 26.6. The maximum absolute atomic E-state index is 4.13. The molecule has 1 heterocycles. The number of hydrogen-bond acceptors (Lipinski definition) is 5. The zero-order valence-corrected chi connectivity index (χ0v) is 22.4. The van der Waals surface area contributed by atoms with Crippen LogP contribution in [0.1, 0.15) is 58.8 Å². The van der Waals surface area contributed by atoms with Crippen LogP contribution in [0.4, 0.5) is 11.4 Å². The molecule has 1 aromatic carbocycles. The molecule has 1 aliphatic carbocycles. The van der Waals surface area contributed by atoms with Crippen LogP contribution < -0.4 is 25.8 Å². The van der Waals surface area contributed by atoms with Crippen molar-refractivity contribution in [3.63, 3.8) is 0 Å². The fourth-order valence-corrected chi connectivity index (χ4v) is 5.81. The van der Waals surface area contributed by atoms with Crippen LogP contribution in [0, 0.1) is 5.92 Å². The minimum atomic E-state index is 0.350. The Morgan fingerprint density at radius 1 is 1.21 bits per heavy atom. The Bertz CT molecular complexity index is 803. The summed E-state index contributed by atoms with van der Waals surface area (Å²) in [6.07, 6.45) is 11.2. The molecule has 4 unspecified atom stereocenters. The summed E-state index contributed by atoms with van der Waals surface area (Å²) >= 11 is 0. The molecule has 0 saturated heterocycles. The molecule has 0 radical (unpaired) electrons. The molecule has 34 heavy (non-hydrogen) atoms. The molecule has 1 aromatic rings. The number of nitrogens with zero attached hydrogens (tertiary/aromatic N) is 2. The van der Waals surface area contributed by atoms with Gasteiger partial charge in [-0.2, -0.15) is 0 Å². The molecule has 1 fully saturated rings. The van der Waals surface area contributed by atoms with Gasteiger partial charge in [0.05, 0.1) is 17.4 Å². The van der Waals surface area contributed by atoms with Crippen LogP contribution >= 0.6 is 0 Å². The highest BCUT2D eigenvalue weighted by molar-refractivity contribution is 5.74. The average molecular weight is 468 g/mol. The maximum atomic E-state index is 4.13. The predicted molar refractivity (Wildman–Crippen MR) is 149 cm³/mol. The van der Waals surface area contributed by atoms with Crippen LogP contribution in [-0.4, -0.2) is 58.9 Å². The van der Waals surface area contributed by atoms with Gasteiger partial charge in [0.2, 0.25) is 0 Å². The molecular formula is C29H49N5. The standard InChI is InChI=1S/C29H49N5/c1-7-25(15-16-31-26-12-10-11-23(18-26)17-22(2)3)32-20-24(19-30-4)29-21-33(5)27-13-8-9-14-28(27)34(29)6/h8-9,13-14,20,23,25-26,29-32H,2,7,10-12,15-19,21H2,1,3-6H3/b24-20+. The van der Waals surface area contributed by atoms with E-state index in [0.717, 1.165) is 38.4 Å². The fourth-order valence-electron chi connectivity index (χ4n) is 5.81. The number of rotatable bonds is 12. The summed E-state index contributed by atoms with van der Waals surface area (Å²) in [5.74, 6) is 0.826.